The fourth-order valence-corrected chi connectivity index (χ4v) is 2.46. The Morgan fingerprint density at radius 3 is 2.60 bits per heavy atom. The molecule has 15 heavy (non-hydrogen) atoms. The minimum atomic E-state index is 0.585. The zero-order chi connectivity index (χ0) is 10.8. The van der Waals surface area contributed by atoms with E-state index < -0.39 is 0 Å². The lowest BCUT2D eigenvalue weighted by Crippen LogP contribution is -2.21. The first kappa shape index (κ1) is 11.1. The molecule has 0 spiro atoms. The summed E-state index contributed by atoms with van der Waals surface area (Å²) in [7, 11) is 0. The van der Waals surface area contributed by atoms with E-state index in [1.54, 1.807) is 0 Å². The predicted octanol–water partition coefficient (Wildman–Crippen LogP) is 4.59. The maximum Gasteiger partial charge on any atom is 0.0612 e. The Morgan fingerprint density at radius 2 is 2.00 bits per heavy atom. The number of nitrogens with one attached hydrogen (secondary N) is 1. The molecular formula is C12H15Cl2N. The molecule has 0 saturated heterocycles. The van der Waals surface area contributed by atoms with E-state index in [0.717, 1.165) is 11.6 Å². The van der Waals surface area contributed by atoms with Crippen molar-refractivity contribution in [2.75, 3.05) is 5.32 Å². The summed E-state index contributed by atoms with van der Waals surface area (Å²) in [5.74, 6) is 0.749. The van der Waals surface area contributed by atoms with Gasteiger partial charge in [0.15, 0.2) is 0 Å². The summed E-state index contributed by atoms with van der Waals surface area (Å²) in [5, 5.41) is 4.75. The van der Waals surface area contributed by atoms with Crippen LogP contribution in [0.5, 0.6) is 0 Å². The van der Waals surface area contributed by atoms with Gasteiger partial charge in [0.2, 0.25) is 0 Å². The monoisotopic (exact) mass is 243 g/mol. The van der Waals surface area contributed by atoms with Crippen molar-refractivity contribution in [1.82, 2.24) is 0 Å². The lowest BCUT2D eigenvalue weighted by molar-refractivity contribution is 0.556. The molecule has 0 aliphatic heterocycles. The van der Waals surface area contributed by atoms with Gasteiger partial charge >= 0.3 is 0 Å². The summed E-state index contributed by atoms with van der Waals surface area (Å²) in [4.78, 5) is 0. The van der Waals surface area contributed by atoms with Gasteiger partial charge in [-0.05, 0) is 37.0 Å². The Hall–Kier alpha value is -0.400. The molecule has 0 radical (unpaired) electrons. The summed E-state index contributed by atoms with van der Waals surface area (Å²) < 4.78 is 0. The van der Waals surface area contributed by atoms with Gasteiger partial charge in [-0.3, -0.25) is 0 Å². The highest BCUT2D eigenvalue weighted by atomic mass is 35.5. The molecule has 1 fully saturated rings. The third kappa shape index (κ3) is 2.59. The molecule has 2 unspecified atom stereocenters. The number of rotatable bonds is 2. The maximum atomic E-state index is 5.96. The van der Waals surface area contributed by atoms with Crippen molar-refractivity contribution >= 4 is 28.9 Å². The van der Waals surface area contributed by atoms with Crippen LogP contribution in [0.1, 0.15) is 26.2 Å². The maximum absolute atomic E-state index is 5.96. The highest BCUT2D eigenvalue weighted by Gasteiger charge is 2.22. The summed E-state index contributed by atoms with van der Waals surface area (Å²) in [5.41, 5.74) is 1.07. The highest BCUT2D eigenvalue weighted by Crippen LogP contribution is 2.30. The van der Waals surface area contributed by atoms with E-state index >= 15 is 0 Å². The first-order valence-electron chi connectivity index (χ1n) is 5.38. The van der Waals surface area contributed by atoms with E-state index in [-0.39, 0.29) is 0 Å². The van der Waals surface area contributed by atoms with Crippen LogP contribution in [0.4, 0.5) is 5.69 Å². The molecule has 0 amide bonds. The molecule has 1 nitrogen and oxygen atoms in total. The average molecular weight is 244 g/mol. The third-order valence-electron chi connectivity index (χ3n) is 3.13. The number of hydrogen-bond donors (Lipinski definition) is 1. The van der Waals surface area contributed by atoms with Crippen molar-refractivity contribution in [3.63, 3.8) is 0 Å². The van der Waals surface area contributed by atoms with Crippen molar-refractivity contribution in [2.24, 2.45) is 5.92 Å². The molecule has 1 saturated carbocycles. The Balaban J connectivity index is 2.07. The van der Waals surface area contributed by atoms with Crippen molar-refractivity contribution in [3.05, 3.63) is 28.2 Å². The highest BCUT2D eigenvalue weighted by molar-refractivity contribution is 6.42. The Labute approximate surface area is 101 Å². The average Bonchev–Trinajstić information content (AvgIpc) is 2.59. The molecule has 3 heteroatoms. The van der Waals surface area contributed by atoms with Crippen LogP contribution in [0.3, 0.4) is 0 Å². The minimum absolute atomic E-state index is 0.585. The van der Waals surface area contributed by atoms with Crippen LogP contribution in [0, 0.1) is 5.92 Å². The number of hydrogen-bond acceptors (Lipinski definition) is 1. The van der Waals surface area contributed by atoms with E-state index in [0.29, 0.717) is 16.1 Å². The smallest absolute Gasteiger partial charge is 0.0612 e. The minimum Gasteiger partial charge on any atom is -0.382 e. The van der Waals surface area contributed by atoms with Crippen molar-refractivity contribution in [2.45, 2.75) is 32.2 Å². The van der Waals surface area contributed by atoms with Crippen LogP contribution in [0.2, 0.25) is 10.0 Å². The molecule has 1 aliphatic rings. The van der Waals surface area contributed by atoms with Crippen molar-refractivity contribution in [3.8, 4) is 0 Å². The summed E-state index contributed by atoms with van der Waals surface area (Å²) in [6, 6.07) is 6.31. The zero-order valence-electron chi connectivity index (χ0n) is 8.76. The van der Waals surface area contributed by atoms with Crippen LogP contribution in [0.15, 0.2) is 18.2 Å². The number of anilines is 1. The second-order valence-corrected chi connectivity index (χ2v) is 5.10. The van der Waals surface area contributed by atoms with E-state index in [1.807, 2.05) is 18.2 Å². The molecule has 2 atom stereocenters. The second-order valence-electron chi connectivity index (χ2n) is 4.29. The summed E-state index contributed by atoms with van der Waals surface area (Å²) >= 11 is 11.8. The van der Waals surface area contributed by atoms with Gasteiger partial charge in [0.1, 0.15) is 0 Å². The van der Waals surface area contributed by atoms with E-state index in [1.165, 1.54) is 19.3 Å². The van der Waals surface area contributed by atoms with Gasteiger partial charge in [-0.25, -0.2) is 0 Å². The molecule has 1 aliphatic carbocycles. The molecular weight excluding hydrogens is 229 g/mol. The largest absolute Gasteiger partial charge is 0.382 e. The lowest BCUT2D eigenvalue weighted by Gasteiger charge is -2.18. The first-order chi connectivity index (χ1) is 7.16. The Bertz CT molecular complexity index is 351. The predicted molar refractivity (Wildman–Crippen MR) is 66.9 cm³/mol. The summed E-state index contributed by atoms with van der Waals surface area (Å²) in [6.07, 6.45) is 3.89. The molecule has 1 aromatic carbocycles. The van der Waals surface area contributed by atoms with Gasteiger partial charge in [0, 0.05) is 11.7 Å². The van der Waals surface area contributed by atoms with Crippen LogP contribution in [-0.4, -0.2) is 6.04 Å². The SMILES string of the molecule is CC1CCCC1Nc1ccc(Cl)c(Cl)c1. The Kier molecular flexibility index (Phi) is 3.42. The molecule has 0 bridgehead atoms. The fourth-order valence-electron chi connectivity index (χ4n) is 2.16. The van der Waals surface area contributed by atoms with Crippen LogP contribution >= 0.6 is 23.2 Å². The van der Waals surface area contributed by atoms with Crippen molar-refractivity contribution < 1.29 is 0 Å². The standard InChI is InChI=1S/C12H15Cl2N/c1-8-3-2-4-12(8)15-9-5-6-10(13)11(14)7-9/h5-8,12,15H,2-4H2,1H3. The Morgan fingerprint density at radius 1 is 1.20 bits per heavy atom. The molecule has 82 valence electrons. The van der Waals surface area contributed by atoms with Crippen molar-refractivity contribution in [1.29, 1.82) is 0 Å². The molecule has 1 aromatic rings. The van der Waals surface area contributed by atoms with Gasteiger partial charge in [-0.1, -0.05) is 36.5 Å². The first-order valence-corrected chi connectivity index (χ1v) is 6.14. The number of benzene rings is 1. The fraction of sp³-hybridized carbons (Fsp3) is 0.500. The topological polar surface area (TPSA) is 12.0 Å². The van der Waals surface area contributed by atoms with E-state index in [2.05, 4.69) is 12.2 Å². The second kappa shape index (κ2) is 4.63. The molecule has 2 rings (SSSR count). The van der Waals surface area contributed by atoms with Gasteiger partial charge in [0.25, 0.3) is 0 Å². The molecule has 1 N–H and O–H groups in total. The zero-order valence-corrected chi connectivity index (χ0v) is 10.3. The van der Waals surface area contributed by atoms with Gasteiger partial charge in [-0.15, -0.1) is 0 Å². The van der Waals surface area contributed by atoms with Crippen LogP contribution in [0.25, 0.3) is 0 Å². The van der Waals surface area contributed by atoms with E-state index in [4.69, 9.17) is 23.2 Å². The van der Waals surface area contributed by atoms with Gasteiger partial charge in [-0.2, -0.15) is 0 Å². The summed E-state index contributed by atoms with van der Waals surface area (Å²) in [6.45, 7) is 2.29. The van der Waals surface area contributed by atoms with Crippen LogP contribution < -0.4 is 5.32 Å². The van der Waals surface area contributed by atoms with Crippen LogP contribution in [-0.2, 0) is 0 Å². The quantitative estimate of drug-likeness (QED) is 0.801. The third-order valence-corrected chi connectivity index (χ3v) is 3.87. The molecule has 0 aromatic heterocycles. The van der Waals surface area contributed by atoms with E-state index in [9.17, 15) is 0 Å². The van der Waals surface area contributed by atoms with Gasteiger partial charge < -0.3 is 5.32 Å². The van der Waals surface area contributed by atoms with Gasteiger partial charge in [0.05, 0.1) is 10.0 Å². The normalized spacial score (nSPS) is 25.5. The lowest BCUT2D eigenvalue weighted by atomic mass is 10.1. The number of halogens is 2. The molecule has 0 heterocycles.